The molecule has 0 aliphatic heterocycles. The molecule has 0 radical (unpaired) electrons. The van der Waals surface area contributed by atoms with Crippen LogP contribution in [0.4, 0.5) is 0 Å². The number of hydrogen-bond donors (Lipinski definition) is 1. The van der Waals surface area contributed by atoms with Crippen LogP contribution in [-0.2, 0) is 19.4 Å². The molecule has 5 rings (SSSR count). The molecule has 38 heavy (non-hydrogen) atoms. The maximum Gasteiger partial charge on any atom is 1.00 e. The fourth-order valence-electron chi connectivity index (χ4n) is 11.5. The van der Waals surface area contributed by atoms with E-state index < -0.39 is 21.9 Å². The molecule has 0 heterocycles. The van der Waals surface area contributed by atoms with Crippen LogP contribution < -0.4 is 29.6 Å². The molecule has 5 saturated carbocycles. The molecule has 0 amide bonds. The molecule has 0 aromatic heterocycles. The maximum absolute atomic E-state index is 12.6. The van der Waals surface area contributed by atoms with Crippen LogP contribution in [0.25, 0.3) is 0 Å². The van der Waals surface area contributed by atoms with Gasteiger partial charge < -0.3 is 9.66 Å². The van der Waals surface area contributed by atoms with E-state index in [4.69, 9.17) is 4.18 Å². The summed E-state index contributed by atoms with van der Waals surface area (Å²) in [5, 5.41) is 10.5. The quantitative estimate of drug-likeness (QED) is 0.223. The summed E-state index contributed by atoms with van der Waals surface area (Å²) in [7, 11) is -4.82. The van der Waals surface area contributed by atoms with Crippen molar-refractivity contribution in [3.05, 3.63) is 11.6 Å². The van der Waals surface area contributed by atoms with Crippen LogP contribution in [0, 0.1) is 50.7 Å². The van der Waals surface area contributed by atoms with Crippen molar-refractivity contribution < 1.29 is 56.6 Å². The SMILES string of the molecule is CC(C)=CC(=O)C[C@@H](C)[C@H]1CC[C@@]2(C)[C@@H]3CC[C@H]4[C@](C)(CO)[C@@H](OS(=O)(=O)[O-])CC[C@@]45C[C@@]35CC[C@]12C.[Na+]. The van der Waals surface area contributed by atoms with Crippen molar-refractivity contribution in [3.63, 3.8) is 0 Å². The number of carbonyl (C=O) groups is 1. The Kier molecular flexibility index (Phi) is 8.13. The van der Waals surface area contributed by atoms with Crippen LogP contribution in [0.1, 0.15) is 106 Å². The monoisotopic (exact) mass is 558 g/mol. The molecule has 10 atom stereocenters. The van der Waals surface area contributed by atoms with Crippen molar-refractivity contribution >= 4 is 16.2 Å². The van der Waals surface area contributed by atoms with E-state index in [0.29, 0.717) is 30.6 Å². The van der Waals surface area contributed by atoms with Gasteiger partial charge in [-0.1, -0.05) is 33.3 Å². The Hall–Kier alpha value is 0.240. The van der Waals surface area contributed by atoms with Gasteiger partial charge in [-0.25, -0.2) is 8.42 Å². The molecule has 0 aromatic carbocycles. The minimum absolute atomic E-state index is 0. The Bertz CT molecular complexity index is 1100. The zero-order valence-electron chi connectivity index (χ0n) is 24.6. The predicted molar refractivity (Wildman–Crippen MR) is 141 cm³/mol. The fraction of sp³-hybridized carbons (Fsp3) is 0.900. The minimum atomic E-state index is -4.82. The summed E-state index contributed by atoms with van der Waals surface area (Å²) in [5.41, 5.74) is 1.15. The van der Waals surface area contributed by atoms with Crippen LogP contribution in [-0.4, -0.2) is 36.6 Å². The van der Waals surface area contributed by atoms with E-state index in [-0.39, 0.29) is 69.5 Å². The standard InChI is InChI=1S/C30H48O6S.Na/c1-19(2)15-21(32)16-20(3)22-9-11-28(6)24-8-7-23-26(4,18-31)25(36-37(33,34)35)10-12-29(23)17-30(24,29)14-13-27(22,28)5;/h15,20,22-25,31H,7-14,16-18H2,1-6H3,(H,33,34,35);/q;+1/p-1/t20-,22-,23+,24+,25+,26+,27-,28+,29-,30+;/m1./s1. The zero-order valence-corrected chi connectivity index (χ0v) is 27.5. The first-order chi connectivity index (χ1) is 17.1. The Morgan fingerprint density at radius 1 is 1.00 bits per heavy atom. The molecule has 6 nitrogen and oxygen atoms in total. The maximum atomic E-state index is 12.6. The molecule has 210 valence electrons. The number of fused-ring (bicyclic) bond motifs is 2. The van der Waals surface area contributed by atoms with Crippen molar-refractivity contribution in [2.45, 2.75) is 112 Å². The zero-order chi connectivity index (χ0) is 27.2. The van der Waals surface area contributed by atoms with Gasteiger partial charge in [-0.3, -0.25) is 8.98 Å². The first-order valence-corrected chi connectivity index (χ1v) is 15.8. The van der Waals surface area contributed by atoms with Crippen LogP contribution in [0.15, 0.2) is 11.6 Å². The van der Waals surface area contributed by atoms with E-state index in [2.05, 4.69) is 20.8 Å². The van der Waals surface area contributed by atoms with Gasteiger partial charge in [0.05, 0.1) is 12.7 Å². The number of rotatable bonds is 7. The van der Waals surface area contributed by atoms with E-state index in [1.807, 2.05) is 20.8 Å². The van der Waals surface area contributed by atoms with Crippen molar-refractivity contribution in [2.24, 2.45) is 50.7 Å². The number of carbonyl (C=O) groups excluding carboxylic acids is 1. The summed E-state index contributed by atoms with van der Waals surface area (Å²) < 4.78 is 39.6. The van der Waals surface area contributed by atoms with Crippen molar-refractivity contribution in [1.29, 1.82) is 0 Å². The normalized spacial score (nSPS) is 47.9. The number of aliphatic hydroxyl groups is 1. The first kappa shape index (κ1) is 31.2. The fourth-order valence-corrected chi connectivity index (χ4v) is 12.1. The van der Waals surface area contributed by atoms with Crippen LogP contribution in [0.5, 0.6) is 0 Å². The Labute approximate surface area is 252 Å². The van der Waals surface area contributed by atoms with Crippen molar-refractivity contribution in [2.75, 3.05) is 6.61 Å². The molecule has 1 N–H and O–H groups in total. The van der Waals surface area contributed by atoms with Crippen LogP contribution in [0.2, 0.25) is 0 Å². The average molecular weight is 559 g/mol. The van der Waals surface area contributed by atoms with E-state index in [9.17, 15) is 22.9 Å². The Morgan fingerprint density at radius 2 is 1.63 bits per heavy atom. The van der Waals surface area contributed by atoms with Gasteiger partial charge in [0.2, 0.25) is 10.4 Å². The van der Waals surface area contributed by atoms with Gasteiger partial charge >= 0.3 is 29.6 Å². The van der Waals surface area contributed by atoms with Gasteiger partial charge in [0.1, 0.15) is 0 Å². The summed E-state index contributed by atoms with van der Waals surface area (Å²) >= 11 is 0. The van der Waals surface area contributed by atoms with Gasteiger partial charge in [0.15, 0.2) is 5.78 Å². The molecule has 5 aliphatic carbocycles. The second-order valence-electron chi connectivity index (χ2n) is 14.7. The van der Waals surface area contributed by atoms with Crippen molar-refractivity contribution in [3.8, 4) is 0 Å². The van der Waals surface area contributed by atoms with Gasteiger partial charge in [-0.2, -0.15) is 0 Å². The van der Waals surface area contributed by atoms with Gasteiger partial charge in [-0.05, 0) is 123 Å². The van der Waals surface area contributed by atoms with Crippen LogP contribution in [0.3, 0.4) is 0 Å². The molecule has 5 aliphatic rings. The number of allylic oxidation sites excluding steroid dienone is 2. The molecule has 2 spiro atoms. The molecule has 5 fully saturated rings. The molecule has 0 saturated heterocycles. The summed E-state index contributed by atoms with van der Waals surface area (Å²) in [6.45, 7) is 13.1. The Morgan fingerprint density at radius 3 is 2.24 bits per heavy atom. The van der Waals surface area contributed by atoms with Gasteiger partial charge in [0.25, 0.3) is 0 Å². The minimum Gasteiger partial charge on any atom is -0.726 e. The second kappa shape index (κ2) is 9.91. The summed E-state index contributed by atoms with van der Waals surface area (Å²) in [4.78, 5) is 12.6. The van der Waals surface area contributed by atoms with E-state index >= 15 is 0 Å². The van der Waals surface area contributed by atoms with E-state index in [0.717, 1.165) is 31.3 Å². The topological polar surface area (TPSA) is 104 Å². The second-order valence-corrected chi connectivity index (χ2v) is 15.7. The summed E-state index contributed by atoms with van der Waals surface area (Å²) in [5.74, 6) is 1.96. The third-order valence-electron chi connectivity index (χ3n) is 13.2. The molecule has 0 aromatic rings. The number of hydrogen-bond acceptors (Lipinski definition) is 6. The molecule has 0 bridgehead atoms. The van der Waals surface area contributed by atoms with Crippen molar-refractivity contribution in [1.82, 2.24) is 0 Å². The Balaban J connectivity index is 0.00000336. The summed E-state index contributed by atoms with van der Waals surface area (Å²) in [6, 6.07) is 0. The molecular formula is C30H47NaO6S. The number of aliphatic hydroxyl groups excluding tert-OH is 1. The third-order valence-corrected chi connectivity index (χ3v) is 13.6. The summed E-state index contributed by atoms with van der Waals surface area (Å²) in [6.07, 6.45) is 11.0. The predicted octanol–water partition coefficient (Wildman–Crippen LogP) is 2.81. The smallest absolute Gasteiger partial charge is 0.726 e. The number of ketones is 1. The molecule has 8 heteroatoms. The van der Waals surface area contributed by atoms with Gasteiger partial charge in [0, 0.05) is 11.8 Å². The first-order valence-electron chi connectivity index (χ1n) is 14.5. The van der Waals surface area contributed by atoms with E-state index in [1.54, 1.807) is 6.08 Å². The van der Waals surface area contributed by atoms with E-state index in [1.165, 1.54) is 25.7 Å². The average Bonchev–Trinajstić information content (AvgIpc) is 3.36. The molecule has 0 unspecified atom stereocenters. The van der Waals surface area contributed by atoms with Gasteiger partial charge in [-0.15, -0.1) is 0 Å². The molecular weight excluding hydrogens is 511 g/mol. The largest absolute Gasteiger partial charge is 1.00 e. The van der Waals surface area contributed by atoms with Crippen LogP contribution >= 0.6 is 0 Å². The third kappa shape index (κ3) is 4.31.